The average Bonchev–Trinajstić information content (AvgIpc) is 3.46. The van der Waals surface area contributed by atoms with Gasteiger partial charge >= 0.3 is 11.9 Å². The van der Waals surface area contributed by atoms with Crippen LogP contribution in [0.4, 0.5) is 5.69 Å². The molecule has 9 heteroatoms. The summed E-state index contributed by atoms with van der Waals surface area (Å²) < 4.78 is 0. The smallest absolute Gasteiger partial charge is 0.414 e. The number of carbonyl (C=O) groups is 4. The van der Waals surface area contributed by atoms with Gasteiger partial charge in [0.15, 0.2) is 0 Å². The molecule has 0 saturated carbocycles. The minimum Gasteiger partial charge on any atom is -0.473 e. The van der Waals surface area contributed by atoms with E-state index in [0.29, 0.717) is 19.3 Å². The number of rotatable bonds is 6. The lowest BCUT2D eigenvalue weighted by molar-refractivity contribution is -0.159. The normalized spacial score (nSPS) is 16.8. The fourth-order valence-corrected chi connectivity index (χ4v) is 5.04. The van der Waals surface area contributed by atoms with Crippen LogP contribution >= 0.6 is 0 Å². The Labute approximate surface area is 217 Å². The molecule has 0 radical (unpaired) electrons. The summed E-state index contributed by atoms with van der Waals surface area (Å²) in [6.07, 6.45) is 3.81. The van der Waals surface area contributed by atoms with Crippen molar-refractivity contribution in [2.24, 2.45) is 0 Å². The molecule has 9 nitrogen and oxygen atoms in total. The fourth-order valence-electron chi connectivity index (χ4n) is 5.04. The summed E-state index contributed by atoms with van der Waals surface area (Å²) in [5, 5.41) is 14.8. The predicted octanol–water partition coefficient (Wildman–Crippen LogP) is 3.24. The molecule has 2 amide bonds. The van der Waals surface area contributed by atoms with Gasteiger partial charge in [0.05, 0.1) is 0 Å². The Balaban J connectivity index is 0.000000568. The van der Waals surface area contributed by atoms with Crippen molar-refractivity contribution in [3.8, 4) is 0 Å². The van der Waals surface area contributed by atoms with Gasteiger partial charge in [0, 0.05) is 44.8 Å². The standard InChI is InChI=1S/C26H33N3O2.C2H2O4/c1-2-24(30)29(23-13-7-4-8-14-23)26(25(31)28-17-9-10-18-28)15-19-27(20-16-26)21-22-11-5-3-6-12-22;3-1(4)2(5)6/h3-8,11-14H,2,9-10,15-21H2,1H3;(H,3,4)(H,5,6). The zero-order valence-corrected chi connectivity index (χ0v) is 21.2. The second-order valence-corrected chi connectivity index (χ2v) is 9.32. The number of piperidine rings is 1. The van der Waals surface area contributed by atoms with Crippen LogP contribution in [-0.2, 0) is 25.7 Å². The first-order valence-electron chi connectivity index (χ1n) is 12.7. The molecule has 4 rings (SSSR count). The summed E-state index contributed by atoms with van der Waals surface area (Å²) in [4.78, 5) is 51.6. The highest BCUT2D eigenvalue weighted by atomic mass is 16.4. The monoisotopic (exact) mass is 509 g/mol. The van der Waals surface area contributed by atoms with Crippen LogP contribution in [0.2, 0.25) is 0 Å². The van der Waals surface area contributed by atoms with Crippen molar-refractivity contribution in [2.45, 2.75) is 51.1 Å². The van der Waals surface area contributed by atoms with Gasteiger partial charge in [-0.15, -0.1) is 0 Å². The van der Waals surface area contributed by atoms with Crippen molar-refractivity contribution in [3.63, 3.8) is 0 Å². The van der Waals surface area contributed by atoms with Gasteiger partial charge in [-0.2, -0.15) is 0 Å². The number of benzene rings is 2. The van der Waals surface area contributed by atoms with Crippen LogP contribution in [0.3, 0.4) is 0 Å². The van der Waals surface area contributed by atoms with E-state index in [4.69, 9.17) is 19.8 Å². The van der Waals surface area contributed by atoms with Crippen molar-refractivity contribution >= 4 is 29.4 Å². The Bertz CT molecular complexity index is 1050. The van der Waals surface area contributed by atoms with Crippen LogP contribution in [0, 0.1) is 0 Å². The number of hydrogen-bond donors (Lipinski definition) is 2. The number of nitrogens with zero attached hydrogens (tertiary/aromatic N) is 3. The first-order chi connectivity index (χ1) is 17.8. The van der Waals surface area contributed by atoms with Gasteiger partial charge in [-0.25, -0.2) is 9.59 Å². The van der Waals surface area contributed by atoms with E-state index in [0.717, 1.165) is 51.3 Å². The van der Waals surface area contributed by atoms with Crippen LogP contribution in [0.1, 0.15) is 44.6 Å². The second-order valence-electron chi connectivity index (χ2n) is 9.32. The minimum absolute atomic E-state index is 0.0234. The van der Waals surface area contributed by atoms with Crippen LogP contribution in [0.15, 0.2) is 60.7 Å². The SMILES string of the molecule is CCC(=O)N(c1ccccc1)C1(C(=O)N2CCCC2)CCN(Cc2ccccc2)CC1.O=C(O)C(=O)O. The number of para-hydroxylation sites is 1. The molecule has 2 aliphatic rings. The molecule has 2 heterocycles. The van der Waals surface area contributed by atoms with E-state index < -0.39 is 17.5 Å². The molecule has 37 heavy (non-hydrogen) atoms. The summed E-state index contributed by atoms with van der Waals surface area (Å²) in [6.45, 7) is 5.97. The minimum atomic E-state index is -1.82. The molecular weight excluding hydrogens is 474 g/mol. The molecular formula is C28H35N3O6. The Morgan fingerprint density at radius 1 is 0.811 bits per heavy atom. The second kappa shape index (κ2) is 13.0. The number of hydrogen-bond acceptors (Lipinski definition) is 5. The third-order valence-electron chi connectivity index (χ3n) is 6.90. The maximum atomic E-state index is 13.9. The molecule has 2 fully saturated rings. The van der Waals surface area contributed by atoms with E-state index in [-0.39, 0.29) is 11.8 Å². The molecule has 198 valence electrons. The van der Waals surface area contributed by atoms with Gasteiger partial charge < -0.3 is 15.1 Å². The van der Waals surface area contributed by atoms with E-state index in [9.17, 15) is 9.59 Å². The van der Waals surface area contributed by atoms with Gasteiger partial charge in [0.25, 0.3) is 0 Å². The van der Waals surface area contributed by atoms with Gasteiger partial charge in [-0.1, -0.05) is 55.5 Å². The highest BCUT2D eigenvalue weighted by molar-refractivity contribution is 6.27. The third kappa shape index (κ3) is 6.95. The van der Waals surface area contributed by atoms with Crippen molar-refractivity contribution in [1.29, 1.82) is 0 Å². The summed E-state index contributed by atoms with van der Waals surface area (Å²) >= 11 is 0. The number of carboxylic acids is 2. The Kier molecular flexibility index (Phi) is 9.79. The summed E-state index contributed by atoms with van der Waals surface area (Å²) in [5.41, 5.74) is 1.32. The molecule has 2 aromatic carbocycles. The number of carboxylic acid groups (broad SMARTS) is 2. The van der Waals surface area contributed by atoms with Gasteiger partial charge in [-0.05, 0) is 43.4 Å². The van der Waals surface area contributed by atoms with E-state index in [1.165, 1.54) is 5.56 Å². The highest BCUT2D eigenvalue weighted by Gasteiger charge is 2.50. The van der Waals surface area contributed by atoms with Crippen LogP contribution in [0.5, 0.6) is 0 Å². The van der Waals surface area contributed by atoms with Gasteiger partial charge in [0.2, 0.25) is 11.8 Å². The van der Waals surface area contributed by atoms with E-state index in [1.54, 1.807) is 0 Å². The first-order valence-corrected chi connectivity index (χ1v) is 12.7. The van der Waals surface area contributed by atoms with Crippen molar-refractivity contribution in [2.75, 3.05) is 31.1 Å². The summed E-state index contributed by atoms with van der Waals surface area (Å²) in [6, 6.07) is 20.2. The molecule has 2 saturated heterocycles. The molecule has 0 bridgehead atoms. The van der Waals surface area contributed by atoms with Crippen LogP contribution < -0.4 is 4.90 Å². The number of anilines is 1. The lowest BCUT2D eigenvalue weighted by Gasteiger charge is -2.49. The Hall–Kier alpha value is -3.72. The molecule has 0 aromatic heterocycles. The third-order valence-corrected chi connectivity index (χ3v) is 6.90. The largest absolute Gasteiger partial charge is 0.473 e. The van der Waals surface area contributed by atoms with E-state index in [1.807, 2.05) is 53.1 Å². The molecule has 2 aromatic rings. The summed E-state index contributed by atoms with van der Waals surface area (Å²) in [7, 11) is 0. The molecule has 0 unspecified atom stereocenters. The van der Waals surface area contributed by atoms with Crippen LogP contribution in [0.25, 0.3) is 0 Å². The molecule has 0 spiro atoms. The molecule has 0 atom stereocenters. The number of carbonyl (C=O) groups excluding carboxylic acids is 2. The van der Waals surface area contributed by atoms with Crippen molar-refractivity contribution in [3.05, 3.63) is 66.2 Å². The zero-order valence-electron chi connectivity index (χ0n) is 21.2. The topological polar surface area (TPSA) is 118 Å². The maximum absolute atomic E-state index is 13.9. The molecule has 0 aliphatic carbocycles. The molecule has 2 aliphatic heterocycles. The Morgan fingerprint density at radius 2 is 1.32 bits per heavy atom. The predicted molar refractivity (Wildman–Crippen MR) is 139 cm³/mol. The number of aliphatic carboxylic acids is 2. The number of likely N-dealkylation sites (tertiary alicyclic amines) is 2. The van der Waals surface area contributed by atoms with Crippen LogP contribution in [-0.4, -0.2) is 75.5 Å². The summed E-state index contributed by atoms with van der Waals surface area (Å²) in [5.74, 6) is -3.49. The van der Waals surface area contributed by atoms with Crippen molar-refractivity contribution in [1.82, 2.24) is 9.80 Å². The number of amides is 2. The maximum Gasteiger partial charge on any atom is 0.414 e. The van der Waals surface area contributed by atoms with E-state index in [2.05, 4.69) is 29.2 Å². The van der Waals surface area contributed by atoms with Gasteiger partial charge in [0.1, 0.15) is 5.54 Å². The van der Waals surface area contributed by atoms with Gasteiger partial charge in [-0.3, -0.25) is 19.4 Å². The Morgan fingerprint density at radius 3 is 1.81 bits per heavy atom. The zero-order chi connectivity index (χ0) is 26.8. The van der Waals surface area contributed by atoms with E-state index >= 15 is 0 Å². The fraction of sp³-hybridized carbons (Fsp3) is 0.429. The lowest BCUT2D eigenvalue weighted by Crippen LogP contribution is -2.65. The quantitative estimate of drug-likeness (QED) is 0.574. The van der Waals surface area contributed by atoms with Crippen molar-refractivity contribution < 1.29 is 29.4 Å². The highest BCUT2D eigenvalue weighted by Crippen LogP contribution is 2.37. The average molecular weight is 510 g/mol. The lowest BCUT2D eigenvalue weighted by atomic mass is 9.82. The first kappa shape index (κ1) is 27.9. The molecule has 2 N–H and O–H groups in total.